The zero-order chi connectivity index (χ0) is 16.4. The number of aromatic nitrogens is 2. The van der Waals surface area contributed by atoms with Gasteiger partial charge in [-0.05, 0) is 26.1 Å². The number of nitrogens with one attached hydrogen (secondary N) is 1. The highest BCUT2D eigenvalue weighted by Crippen LogP contribution is 2.29. The molecule has 0 saturated carbocycles. The Morgan fingerprint density at radius 1 is 1.39 bits per heavy atom. The van der Waals surface area contributed by atoms with Crippen LogP contribution in [0.2, 0.25) is 10.0 Å². The second-order valence-electron chi connectivity index (χ2n) is 5.53. The van der Waals surface area contributed by atoms with Crippen LogP contribution in [0, 0.1) is 0 Å². The molecule has 0 aliphatic carbocycles. The van der Waals surface area contributed by atoms with E-state index >= 15 is 0 Å². The predicted octanol–water partition coefficient (Wildman–Crippen LogP) is 3.09. The van der Waals surface area contributed by atoms with Crippen LogP contribution in [0.5, 0.6) is 5.75 Å². The van der Waals surface area contributed by atoms with Crippen molar-refractivity contribution in [2.45, 2.75) is 19.1 Å². The minimum Gasteiger partial charge on any atom is -0.481 e. The molecule has 1 aromatic heterocycles. The van der Waals surface area contributed by atoms with Crippen LogP contribution in [0.4, 0.5) is 0 Å². The maximum absolute atomic E-state index is 5.99. The lowest BCUT2D eigenvalue weighted by molar-refractivity contribution is 0.173. The van der Waals surface area contributed by atoms with Crippen LogP contribution in [-0.4, -0.2) is 41.7 Å². The minimum atomic E-state index is -0.379. The molecule has 124 valence electrons. The number of piperazine rings is 1. The van der Waals surface area contributed by atoms with Gasteiger partial charge < -0.3 is 14.6 Å². The van der Waals surface area contributed by atoms with Gasteiger partial charge in [0, 0.05) is 25.7 Å². The highest BCUT2D eigenvalue weighted by molar-refractivity contribution is 6.42. The fourth-order valence-electron chi connectivity index (χ4n) is 2.45. The van der Waals surface area contributed by atoms with Gasteiger partial charge in [0.25, 0.3) is 5.89 Å². The monoisotopic (exact) mass is 356 g/mol. The Bertz CT molecular complexity index is 679. The van der Waals surface area contributed by atoms with Gasteiger partial charge in [-0.1, -0.05) is 28.4 Å². The molecule has 0 bridgehead atoms. The van der Waals surface area contributed by atoms with Crippen LogP contribution in [0.15, 0.2) is 22.7 Å². The summed E-state index contributed by atoms with van der Waals surface area (Å²) in [5.74, 6) is 1.70. The minimum absolute atomic E-state index is 0.110. The molecule has 1 fully saturated rings. The summed E-state index contributed by atoms with van der Waals surface area (Å²) in [7, 11) is 2.05. The lowest BCUT2D eigenvalue weighted by Crippen LogP contribution is -2.44. The smallest absolute Gasteiger partial charge is 0.267 e. The SMILES string of the molecule is CC(Oc1ccc(Cl)c(Cl)c1)c1nc(C2CNCCN2C)no1. The molecule has 1 saturated heterocycles. The van der Waals surface area contributed by atoms with E-state index in [1.807, 2.05) is 6.92 Å². The molecule has 1 aromatic carbocycles. The number of hydrogen-bond acceptors (Lipinski definition) is 6. The van der Waals surface area contributed by atoms with E-state index in [-0.39, 0.29) is 12.1 Å². The first-order valence-corrected chi connectivity index (χ1v) is 8.16. The second kappa shape index (κ2) is 7.05. The summed E-state index contributed by atoms with van der Waals surface area (Å²) < 4.78 is 11.1. The van der Waals surface area contributed by atoms with E-state index in [0.29, 0.717) is 27.5 Å². The standard InChI is InChI=1S/C15H18Cl2N4O2/c1-9(22-10-3-4-11(16)12(17)7-10)15-19-14(20-23-15)13-8-18-5-6-21(13)2/h3-4,7,9,13,18H,5-6,8H2,1-2H3. The predicted molar refractivity (Wildman–Crippen MR) is 88.0 cm³/mol. The third-order valence-electron chi connectivity index (χ3n) is 3.82. The van der Waals surface area contributed by atoms with Gasteiger partial charge >= 0.3 is 0 Å². The molecule has 2 unspecified atom stereocenters. The van der Waals surface area contributed by atoms with Crippen molar-refractivity contribution in [3.63, 3.8) is 0 Å². The van der Waals surface area contributed by atoms with Crippen molar-refractivity contribution in [1.29, 1.82) is 0 Å². The summed E-state index contributed by atoms with van der Waals surface area (Å²) in [5, 5.41) is 8.35. The van der Waals surface area contributed by atoms with E-state index in [2.05, 4.69) is 27.4 Å². The quantitative estimate of drug-likeness (QED) is 0.907. The van der Waals surface area contributed by atoms with Crippen molar-refractivity contribution in [1.82, 2.24) is 20.4 Å². The van der Waals surface area contributed by atoms with Gasteiger partial charge in [0.1, 0.15) is 5.75 Å². The molecule has 1 N–H and O–H groups in total. The van der Waals surface area contributed by atoms with E-state index in [1.165, 1.54) is 0 Å². The van der Waals surface area contributed by atoms with Crippen LogP contribution in [0.3, 0.4) is 0 Å². The number of ether oxygens (including phenoxy) is 1. The van der Waals surface area contributed by atoms with Crippen molar-refractivity contribution >= 4 is 23.2 Å². The van der Waals surface area contributed by atoms with Gasteiger partial charge in [-0.2, -0.15) is 4.98 Å². The van der Waals surface area contributed by atoms with Gasteiger partial charge in [-0.15, -0.1) is 0 Å². The normalized spacial score (nSPS) is 20.4. The maximum atomic E-state index is 5.99. The molecule has 2 aromatic rings. The lowest BCUT2D eigenvalue weighted by atomic mass is 10.2. The topological polar surface area (TPSA) is 63.4 Å². The molecular formula is C15H18Cl2N4O2. The average molecular weight is 357 g/mol. The van der Waals surface area contributed by atoms with Crippen LogP contribution in [-0.2, 0) is 0 Å². The second-order valence-corrected chi connectivity index (χ2v) is 6.34. The molecule has 1 aliphatic rings. The largest absolute Gasteiger partial charge is 0.481 e. The van der Waals surface area contributed by atoms with E-state index in [0.717, 1.165) is 19.6 Å². The average Bonchev–Trinajstić information content (AvgIpc) is 3.01. The maximum Gasteiger partial charge on any atom is 0.267 e. The zero-order valence-corrected chi connectivity index (χ0v) is 14.4. The fourth-order valence-corrected chi connectivity index (χ4v) is 2.73. The van der Waals surface area contributed by atoms with Crippen LogP contribution >= 0.6 is 23.2 Å². The first kappa shape index (κ1) is 16.5. The third kappa shape index (κ3) is 3.77. The number of halogens is 2. The Morgan fingerprint density at radius 3 is 2.96 bits per heavy atom. The van der Waals surface area contributed by atoms with E-state index in [4.69, 9.17) is 32.5 Å². The van der Waals surface area contributed by atoms with Gasteiger partial charge in [0.2, 0.25) is 0 Å². The molecule has 0 amide bonds. The summed E-state index contributed by atoms with van der Waals surface area (Å²) in [6.07, 6.45) is -0.379. The number of hydrogen-bond donors (Lipinski definition) is 1. The molecule has 1 aliphatic heterocycles. The van der Waals surface area contributed by atoms with Crippen molar-refractivity contribution in [2.24, 2.45) is 0 Å². The Labute approximate surface area is 144 Å². The van der Waals surface area contributed by atoms with Gasteiger partial charge in [-0.3, -0.25) is 4.90 Å². The van der Waals surface area contributed by atoms with Crippen molar-refractivity contribution in [3.8, 4) is 5.75 Å². The van der Waals surface area contributed by atoms with Crippen molar-refractivity contribution in [2.75, 3.05) is 26.7 Å². The van der Waals surface area contributed by atoms with Crippen molar-refractivity contribution in [3.05, 3.63) is 40.0 Å². The molecule has 2 heterocycles. The van der Waals surface area contributed by atoms with Gasteiger partial charge in [0.05, 0.1) is 16.1 Å². The first-order valence-electron chi connectivity index (χ1n) is 7.41. The summed E-state index contributed by atoms with van der Waals surface area (Å²) in [4.78, 5) is 6.68. The summed E-state index contributed by atoms with van der Waals surface area (Å²) in [5.41, 5.74) is 0. The molecule has 0 radical (unpaired) electrons. The van der Waals surface area contributed by atoms with Gasteiger partial charge in [0.15, 0.2) is 11.9 Å². The van der Waals surface area contributed by atoms with E-state index in [9.17, 15) is 0 Å². The Balaban J connectivity index is 1.70. The zero-order valence-electron chi connectivity index (χ0n) is 12.9. The number of likely N-dealkylation sites (N-methyl/N-ethyl adjacent to an activating group) is 1. The summed E-state index contributed by atoms with van der Waals surface area (Å²) >= 11 is 11.9. The highest BCUT2D eigenvalue weighted by atomic mass is 35.5. The Hall–Kier alpha value is -1.34. The number of rotatable bonds is 4. The molecule has 6 nitrogen and oxygen atoms in total. The third-order valence-corrected chi connectivity index (χ3v) is 4.56. The van der Waals surface area contributed by atoms with E-state index < -0.39 is 0 Å². The van der Waals surface area contributed by atoms with Crippen LogP contribution in [0.25, 0.3) is 0 Å². The first-order chi connectivity index (χ1) is 11.0. The fraction of sp³-hybridized carbons (Fsp3) is 0.467. The van der Waals surface area contributed by atoms with Crippen LogP contribution < -0.4 is 10.1 Å². The Kier molecular flexibility index (Phi) is 5.06. The molecule has 8 heteroatoms. The molecule has 0 spiro atoms. The molecular weight excluding hydrogens is 339 g/mol. The van der Waals surface area contributed by atoms with Crippen LogP contribution in [0.1, 0.15) is 30.8 Å². The van der Waals surface area contributed by atoms with E-state index in [1.54, 1.807) is 18.2 Å². The van der Waals surface area contributed by atoms with Gasteiger partial charge in [-0.25, -0.2) is 0 Å². The number of nitrogens with zero attached hydrogens (tertiary/aromatic N) is 3. The molecule has 3 rings (SSSR count). The Morgan fingerprint density at radius 2 is 2.22 bits per heavy atom. The molecule has 23 heavy (non-hydrogen) atoms. The highest BCUT2D eigenvalue weighted by Gasteiger charge is 2.26. The lowest BCUT2D eigenvalue weighted by Gasteiger charge is -2.30. The summed E-state index contributed by atoms with van der Waals surface area (Å²) in [6.45, 7) is 4.57. The molecule has 2 atom stereocenters. The van der Waals surface area contributed by atoms with Crippen molar-refractivity contribution < 1.29 is 9.26 Å². The number of benzene rings is 1. The summed E-state index contributed by atoms with van der Waals surface area (Å²) in [6, 6.07) is 5.21.